The number of halogens is 1. The zero-order valence-electron chi connectivity index (χ0n) is 11.3. The van der Waals surface area contributed by atoms with E-state index in [1.54, 1.807) is 0 Å². The number of aromatic carboxylic acids is 1. The Morgan fingerprint density at radius 3 is 2.90 bits per heavy atom. The van der Waals surface area contributed by atoms with Crippen LogP contribution in [0.5, 0.6) is 0 Å². The lowest BCUT2D eigenvalue weighted by atomic mass is 10.1. The van der Waals surface area contributed by atoms with Crippen LogP contribution in [0, 0.1) is 0 Å². The van der Waals surface area contributed by atoms with Gasteiger partial charge < -0.3 is 10.8 Å². The van der Waals surface area contributed by atoms with Crippen LogP contribution in [-0.4, -0.2) is 22.5 Å². The monoisotopic (exact) mass is 322 g/mol. The van der Waals surface area contributed by atoms with Gasteiger partial charge in [-0.15, -0.1) is 11.3 Å². The molecule has 1 aromatic heterocycles. The van der Waals surface area contributed by atoms with E-state index in [-0.39, 0.29) is 4.88 Å². The zero-order chi connectivity index (χ0) is 15.0. The second-order valence-corrected chi connectivity index (χ2v) is 6.62. The fourth-order valence-corrected chi connectivity index (χ4v) is 3.88. The van der Waals surface area contributed by atoms with Crippen LogP contribution >= 0.6 is 22.9 Å². The van der Waals surface area contributed by atoms with Crippen molar-refractivity contribution in [3.05, 3.63) is 50.2 Å². The Labute approximate surface area is 131 Å². The molecule has 110 valence electrons. The van der Waals surface area contributed by atoms with Gasteiger partial charge in [0.15, 0.2) is 0 Å². The van der Waals surface area contributed by atoms with Crippen molar-refractivity contribution < 1.29 is 9.90 Å². The van der Waals surface area contributed by atoms with E-state index in [0.29, 0.717) is 12.2 Å². The van der Waals surface area contributed by atoms with Gasteiger partial charge in [-0.05, 0) is 18.1 Å². The Morgan fingerprint density at radius 2 is 2.19 bits per heavy atom. The third-order valence-electron chi connectivity index (χ3n) is 3.71. The van der Waals surface area contributed by atoms with Gasteiger partial charge in [0.25, 0.3) is 0 Å². The predicted molar refractivity (Wildman–Crippen MR) is 85.0 cm³/mol. The van der Waals surface area contributed by atoms with Crippen molar-refractivity contribution in [2.45, 2.75) is 19.5 Å². The SMILES string of the molecule is Nc1c(C(=O)O)sc2c1CN(Cc1ccccc1Cl)CC2. The van der Waals surface area contributed by atoms with Gasteiger partial charge in [0, 0.05) is 35.1 Å². The minimum Gasteiger partial charge on any atom is -0.477 e. The first-order chi connectivity index (χ1) is 10.1. The van der Waals surface area contributed by atoms with Gasteiger partial charge in [0.2, 0.25) is 0 Å². The second-order valence-electron chi connectivity index (χ2n) is 5.10. The number of benzene rings is 1. The smallest absolute Gasteiger partial charge is 0.348 e. The first kappa shape index (κ1) is 14.4. The Balaban J connectivity index is 1.81. The lowest BCUT2D eigenvalue weighted by Gasteiger charge is -2.27. The van der Waals surface area contributed by atoms with Gasteiger partial charge in [0.1, 0.15) is 4.88 Å². The minimum atomic E-state index is -0.940. The van der Waals surface area contributed by atoms with Crippen molar-refractivity contribution in [1.82, 2.24) is 4.90 Å². The molecular formula is C15H15ClN2O2S. The van der Waals surface area contributed by atoms with Crippen molar-refractivity contribution in [1.29, 1.82) is 0 Å². The summed E-state index contributed by atoms with van der Waals surface area (Å²) in [4.78, 5) is 14.8. The number of nitrogens with two attached hydrogens (primary N) is 1. The molecule has 4 nitrogen and oxygen atoms in total. The number of hydrogen-bond donors (Lipinski definition) is 2. The number of fused-ring (bicyclic) bond motifs is 1. The van der Waals surface area contributed by atoms with Crippen molar-refractivity contribution >= 4 is 34.6 Å². The fraction of sp³-hybridized carbons (Fsp3) is 0.267. The average molecular weight is 323 g/mol. The van der Waals surface area contributed by atoms with Crippen molar-refractivity contribution in [3.8, 4) is 0 Å². The molecule has 6 heteroatoms. The number of hydrogen-bond acceptors (Lipinski definition) is 4. The highest BCUT2D eigenvalue weighted by Crippen LogP contribution is 2.35. The number of nitrogen functional groups attached to an aromatic ring is 1. The molecule has 21 heavy (non-hydrogen) atoms. The van der Waals surface area contributed by atoms with Crippen LogP contribution < -0.4 is 5.73 Å². The summed E-state index contributed by atoms with van der Waals surface area (Å²) in [6.07, 6.45) is 0.835. The van der Waals surface area contributed by atoms with E-state index in [9.17, 15) is 4.79 Å². The third kappa shape index (κ3) is 2.77. The molecule has 0 unspecified atom stereocenters. The number of carboxylic acids is 1. The van der Waals surface area contributed by atoms with Crippen LogP contribution in [0.4, 0.5) is 5.69 Å². The van der Waals surface area contributed by atoms with Crippen molar-refractivity contribution in [2.75, 3.05) is 12.3 Å². The van der Waals surface area contributed by atoms with E-state index in [2.05, 4.69) is 4.90 Å². The molecule has 0 saturated carbocycles. The molecule has 0 radical (unpaired) electrons. The van der Waals surface area contributed by atoms with E-state index < -0.39 is 5.97 Å². The quantitative estimate of drug-likeness (QED) is 0.910. The van der Waals surface area contributed by atoms with Gasteiger partial charge in [-0.3, -0.25) is 4.90 Å². The summed E-state index contributed by atoms with van der Waals surface area (Å²) in [5.74, 6) is -0.940. The first-order valence-corrected chi connectivity index (χ1v) is 7.84. The van der Waals surface area contributed by atoms with Gasteiger partial charge in [-0.2, -0.15) is 0 Å². The number of thiophene rings is 1. The maximum Gasteiger partial charge on any atom is 0.348 e. The van der Waals surface area contributed by atoms with Crippen LogP contribution in [0.25, 0.3) is 0 Å². The first-order valence-electron chi connectivity index (χ1n) is 6.65. The van der Waals surface area contributed by atoms with Gasteiger partial charge in [0.05, 0.1) is 5.69 Å². The van der Waals surface area contributed by atoms with E-state index in [1.165, 1.54) is 11.3 Å². The fourth-order valence-electron chi connectivity index (χ4n) is 2.63. The Kier molecular flexibility index (Phi) is 3.89. The van der Waals surface area contributed by atoms with Gasteiger partial charge in [-0.1, -0.05) is 29.8 Å². The summed E-state index contributed by atoms with van der Waals surface area (Å²) in [5.41, 5.74) is 8.46. The van der Waals surface area contributed by atoms with E-state index in [1.807, 2.05) is 24.3 Å². The molecule has 0 amide bonds. The summed E-state index contributed by atoms with van der Waals surface area (Å²) in [6.45, 7) is 2.31. The average Bonchev–Trinajstić information content (AvgIpc) is 2.79. The molecule has 0 spiro atoms. The normalized spacial score (nSPS) is 14.9. The number of anilines is 1. The second kappa shape index (κ2) is 5.67. The Bertz CT molecular complexity index is 699. The molecule has 0 fully saturated rings. The largest absolute Gasteiger partial charge is 0.477 e. The summed E-state index contributed by atoms with van der Waals surface area (Å²) < 4.78 is 0. The topological polar surface area (TPSA) is 66.6 Å². The molecule has 0 aliphatic carbocycles. The maximum absolute atomic E-state index is 11.2. The van der Waals surface area contributed by atoms with E-state index in [4.69, 9.17) is 22.4 Å². The highest BCUT2D eigenvalue weighted by Gasteiger charge is 2.25. The maximum atomic E-state index is 11.2. The molecule has 0 atom stereocenters. The number of rotatable bonds is 3. The Hall–Kier alpha value is -1.56. The highest BCUT2D eigenvalue weighted by molar-refractivity contribution is 7.14. The highest BCUT2D eigenvalue weighted by atomic mass is 35.5. The van der Waals surface area contributed by atoms with Crippen LogP contribution in [0.3, 0.4) is 0 Å². The molecule has 3 rings (SSSR count). The number of nitrogens with zero attached hydrogens (tertiary/aromatic N) is 1. The molecular weight excluding hydrogens is 308 g/mol. The molecule has 1 aliphatic heterocycles. The van der Waals surface area contributed by atoms with E-state index >= 15 is 0 Å². The lowest BCUT2D eigenvalue weighted by Crippen LogP contribution is -2.29. The molecule has 0 saturated heterocycles. The third-order valence-corrected chi connectivity index (χ3v) is 5.38. The summed E-state index contributed by atoms with van der Waals surface area (Å²) in [7, 11) is 0. The van der Waals surface area contributed by atoms with Gasteiger partial charge >= 0.3 is 5.97 Å². The van der Waals surface area contributed by atoms with E-state index in [0.717, 1.165) is 40.5 Å². The molecule has 0 bridgehead atoms. The standard InChI is InChI=1S/C15H15ClN2O2S/c16-11-4-2-1-3-9(11)7-18-6-5-12-10(8-18)13(17)14(21-12)15(19)20/h1-4H,5-8,17H2,(H,19,20). The Morgan fingerprint density at radius 1 is 1.43 bits per heavy atom. The molecule has 2 heterocycles. The lowest BCUT2D eigenvalue weighted by molar-refractivity contribution is 0.0703. The van der Waals surface area contributed by atoms with Crippen LogP contribution in [-0.2, 0) is 19.5 Å². The summed E-state index contributed by atoms with van der Waals surface area (Å²) >= 11 is 7.50. The number of carbonyl (C=O) groups is 1. The van der Waals surface area contributed by atoms with Crippen LogP contribution in [0.2, 0.25) is 5.02 Å². The van der Waals surface area contributed by atoms with Crippen molar-refractivity contribution in [3.63, 3.8) is 0 Å². The molecule has 1 aromatic carbocycles. The summed E-state index contributed by atoms with van der Waals surface area (Å²) in [6, 6.07) is 7.78. The van der Waals surface area contributed by atoms with Gasteiger partial charge in [-0.25, -0.2) is 4.79 Å². The van der Waals surface area contributed by atoms with Crippen LogP contribution in [0.15, 0.2) is 24.3 Å². The van der Waals surface area contributed by atoms with Crippen molar-refractivity contribution in [2.24, 2.45) is 0 Å². The summed E-state index contributed by atoms with van der Waals surface area (Å²) in [5, 5.41) is 9.91. The molecule has 1 aliphatic rings. The van der Waals surface area contributed by atoms with Crippen LogP contribution in [0.1, 0.15) is 25.7 Å². The zero-order valence-corrected chi connectivity index (χ0v) is 12.9. The minimum absolute atomic E-state index is 0.264. The molecule has 2 aromatic rings. The predicted octanol–water partition coefficient (Wildman–Crippen LogP) is 3.24. The molecule has 3 N–H and O–H groups in total. The number of carboxylic acid groups (broad SMARTS) is 1.